The van der Waals surface area contributed by atoms with E-state index in [9.17, 15) is 9.59 Å². The topological polar surface area (TPSA) is 110 Å². The van der Waals surface area contributed by atoms with E-state index in [0.717, 1.165) is 0 Å². The van der Waals surface area contributed by atoms with Gasteiger partial charge in [0.25, 0.3) is 0 Å². The number of hydrogen-bond acceptors (Lipinski definition) is 7. The van der Waals surface area contributed by atoms with Crippen LogP contribution in [-0.4, -0.2) is 37.9 Å². The normalized spacial score (nSPS) is 12.5. The van der Waals surface area contributed by atoms with Crippen molar-refractivity contribution in [1.29, 1.82) is 0 Å². The fourth-order valence-electron chi connectivity index (χ4n) is 1.91. The van der Waals surface area contributed by atoms with E-state index in [4.69, 9.17) is 4.52 Å². The van der Waals surface area contributed by atoms with Gasteiger partial charge in [0.2, 0.25) is 11.8 Å². The van der Waals surface area contributed by atoms with Crippen LogP contribution in [0.15, 0.2) is 23.0 Å². The molecule has 2 aromatic heterocycles. The summed E-state index contributed by atoms with van der Waals surface area (Å²) in [5.41, 5.74) is 0.377. The van der Waals surface area contributed by atoms with Gasteiger partial charge in [0.05, 0.1) is 29.1 Å². The molecule has 0 aliphatic carbocycles. The highest BCUT2D eigenvalue weighted by Gasteiger charge is 2.18. The summed E-state index contributed by atoms with van der Waals surface area (Å²) < 4.78 is 4.89. The third-order valence-corrected chi connectivity index (χ3v) is 4.46. The van der Waals surface area contributed by atoms with Crippen molar-refractivity contribution in [1.82, 2.24) is 15.1 Å². The lowest BCUT2D eigenvalue weighted by Crippen LogP contribution is -2.25. The van der Waals surface area contributed by atoms with E-state index in [1.807, 2.05) is 20.8 Å². The molecule has 0 spiro atoms. The van der Waals surface area contributed by atoms with Gasteiger partial charge in [0.15, 0.2) is 5.82 Å². The number of amides is 2. The Kier molecular flexibility index (Phi) is 6.36. The van der Waals surface area contributed by atoms with Gasteiger partial charge in [-0.2, -0.15) is 0 Å². The summed E-state index contributed by atoms with van der Waals surface area (Å²) in [6.07, 6.45) is 3.17. The van der Waals surface area contributed by atoms with Crippen molar-refractivity contribution in [3.05, 3.63) is 30.0 Å². The third-order valence-electron chi connectivity index (χ3n) is 3.32. The zero-order valence-corrected chi connectivity index (χ0v) is 16.3. The van der Waals surface area contributed by atoms with E-state index < -0.39 is 5.25 Å². The molecule has 0 aliphatic rings. The summed E-state index contributed by atoms with van der Waals surface area (Å²) >= 11 is 1.22. The minimum atomic E-state index is -0.419. The fourth-order valence-corrected chi connectivity index (χ4v) is 2.59. The zero-order chi connectivity index (χ0) is 19.3. The van der Waals surface area contributed by atoms with Gasteiger partial charge in [-0.3, -0.25) is 9.59 Å². The van der Waals surface area contributed by atoms with Crippen LogP contribution in [0.25, 0.3) is 0 Å². The van der Waals surface area contributed by atoms with Crippen LogP contribution >= 0.6 is 11.8 Å². The van der Waals surface area contributed by atoms with Crippen molar-refractivity contribution in [2.75, 3.05) is 16.4 Å². The van der Waals surface area contributed by atoms with Crippen molar-refractivity contribution in [2.24, 2.45) is 0 Å². The molecule has 0 aliphatic heterocycles. The average Bonchev–Trinajstić information content (AvgIpc) is 2.97. The van der Waals surface area contributed by atoms with Crippen molar-refractivity contribution < 1.29 is 14.1 Å². The van der Waals surface area contributed by atoms with Crippen LogP contribution in [0.3, 0.4) is 0 Å². The summed E-state index contributed by atoms with van der Waals surface area (Å²) in [7, 11) is 0. The standard InChI is InChI=1S/C17H23N5O3S/c1-10-6-13(22-25-10)21-15(24)11(2)26-9-14(23)20-12-7-18-16(19-8-12)17(3,4)5/h6-8,11H,9H2,1-5H3,(H,20,23)(H,21,22,24). The number of thioether (sulfide) groups is 1. The smallest absolute Gasteiger partial charge is 0.238 e. The maximum absolute atomic E-state index is 12.1. The van der Waals surface area contributed by atoms with Gasteiger partial charge in [0, 0.05) is 11.5 Å². The number of carbonyl (C=O) groups excluding carboxylic acids is 2. The summed E-state index contributed by atoms with van der Waals surface area (Å²) in [5, 5.41) is 8.65. The van der Waals surface area contributed by atoms with Crippen LogP contribution < -0.4 is 10.6 Å². The SMILES string of the molecule is Cc1cc(NC(=O)C(C)SCC(=O)Nc2cnc(C(C)(C)C)nc2)no1. The predicted molar refractivity (Wildman–Crippen MR) is 101 cm³/mol. The molecule has 0 bridgehead atoms. The maximum atomic E-state index is 12.1. The van der Waals surface area contributed by atoms with Crippen LogP contribution in [0, 0.1) is 6.92 Å². The van der Waals surface area contributed by atoms with Gasteiger partial charge in [0.1, 0.15) is 11.6 Å². The summed E-state index contributed by atoms with van der Waals surface area (Å²) in [6, 6.07) is 1.63. The van der Waals surface area contributed by atoms with Gasteiger partial charge in [-0.15, -0.1) is 11.8 Å². The Labute approximate surface area is 156 Å². The number of nitrogens with one attached hydrogen (secondary N) is 2. The van der Waals surface area contributed by atoms with Crippen molar-refractivity contribution in [3.63, 3.8) is 0 Å². The molecule has 0 fully saturated rings. The highest BCUT2D eigenvalue weighted by Crippen LogP contribution is 2.19. The Morgan fingerprint density at radius 3 is 2.42 bits per heavy atom. The number of hydrogen-bond donors (Lipinski definition) is 2. The first-order chi connectivity index (χ1) is 12.1. The first-order valence-corrected chi connectivity index (χ1v) is 9.18. The lowest BCUT2D eigenvalue weighted by Gasteiger charge is -2.16. The number of carbonyl (C=O) groups is 2. The lowest BCUT2D eigenvalue weighted by molar-refractivity contribution is -0.115. The first-order valence-electron chi connectivity index (χ1n) is 8.13. The Morgan fingerprint density at radius 1 is 1.23 bits per heavy atom. The predicted octanol–water partition coefficient (Wildman–Crippen LogP) is 2.77. The fraction of sp³-hybridized carbons (Fsp3) is 0.471. The van der Waals surface area contributed by atoms with E-state index in [0.29, 0.717) is 23.1 Å². The maximum Gasteiger partial charge on any atom is 0.238 e. The molecular weight excluding hydrogens is 354 g/mol. The van der Waals surface area contributed by atoms with Crippen LogP contribution in [0.4, 0.5) is 11.5 Å². The number of aromatic nitrogens is 3. The van der Waals surface area contributed by atoms with Gasteiger partial charge < -0.3 is 15.2 Å². The van der Waals surface area contributed by atoms with Crippen molar-refractivity contribution >= 4 is 35.1 Å². The molecule has 140 valence electrons. The highest BCUT2D eigenvalue weighted by molar-refractivity contribution is 8.01. The van der Waals surface area contributed by atoms with Gasteiger partial charge >= 0.3 is 0 Å². The molecular formula is C17H23N5O3S. The Balaban J connectivity index is 1.79. The number of nitrogens with zero attached hydrogens (tertiary/aromatic N) is 3. The minimum Gasteiger partial charge on any atom is -0.360 e. The summed E-state index contributed by atoms with van der Waals surface area (Å²) in [6.45, 7) is 9.52. The van der Waals surface area contributed by atoms with Gasteiger partial charge in [-0.1, -0.05) is 25.9 Å². The summed E-state index contributed by atoms with van der Waals surface area (Å²) in [5.74, 6) is 1.35. The quantitative estimate of drug-likeness (QED) is 0.796. The first kappa shape index (κ1) is 19.9. The van der Waals surface area contributed by atoms with Crippen molar-refractivity contribution in [2.45, 2.75) is 45.3 Å². The largest absolute Gasteiger partial charge is 0.360 e. The highest BCUT2D eigenvalue weighted by atomic mass is 32.2. The van der Waals surface area contributed by atoms with Crippen molar-refractivity contribution in [3.8, 4) is 0 Å². The zero-order valence-electron chi connectivity index (χ0n) is 15.5. The molecule has 0 saturated carbocycles. The Morgan fingerprint density at radius 2 is 1.88 bits per heavy atom. The molecule has 9 heteroatoms. The second-order valence-corrected chi connectivity index (χ2v) is 8.19. The van der Waals surface area contributed by atoms with Crippen LogP contribution in [0.5, 0.6) is 0 Å². The number of anilines is 2. The lowest BCUT2D eigenvalue weighted by atomic mass is 9.96. The van der Waals surface area contributed by atoms with E-state index in [-0.39, 0.29) is 23.0 Å². The van der Waals surface area contributed by atoms with Gasteiger partial charge in [-0.05, 0) is 13.8 Å². The van der Waals surface area contributed by atoms with E-state index in [2.05, 4.69) is 25.8 Å². The molecule has 26 heavy (non-hydrogen) atoms. The molecule has 1 unspecified atom stereocenters. The molecule has 0 aromatic carbocycles. The van der Waals surface area contributed by atoms with E-state index in [1.54, 1.807) is 32.3 Å². The molecule has 0 saturated heterocycles. The molecule has 8 nitrogen and oxygen atoms in total. The van der Waals surface area contributed by atoms with E-state index >= 15 is 0 Å². The molecule has 2 heterocycles. The van der Waals surface area contributed by atoms with Crippen LogP contribution in [0.1, 0.15) is 39.3 Å². The average molecular weight is 377 g/mol. The number of aryl methyl sites for hydroxylation is 1. The minimum absolute atomic E-state index is 0.132. The van der Waals surface area contributed by atoms with Crippen LogP contribution in [-0.2, 0) is 15.0 Å². The third kappa shape index (κ3) is 5.83. The molecule has 2 N–H and O–H groups in total. The monoisotopic (exact) mass is 377 g/mol. The molecule has 1 atom stereocenters. The molecule has 2 rings (SSSR count). The second-order valence-electron chi connectivity index (χ2n) is 6.86. The molecule has 2 aromatic rings. The molecule has 0 radical (unpaired) electrons. The Bertz CT molecular complexity index is 767. The van der Waals surface area contributed by atoms with E-state index in [1.165, 1.54) is 11.8 Å². The Hall–Kier alpha value is -2.42. The number of rotatable bonds is 6. The molecule has 2 amide bonds. The summed E-state index contributed by atoms with van der Waals surface area (Å²) in [4.78, 5) is 32.6. The van der Waals surface area contributed by atoms with Gasteiger partial charge in [-0.25, -0.2) is 9.97 Å². The second kappa shape index (κ2) is 8.31. The van der Waals surface area contributed by atoms with Crippen LogP contribution in [0.2, 0.25) is 0 Å².